The van der Waals surface area contributed by atoms with Gasteiger partial charge in [-0.3, -0.25) is 9.36 Å². The third kappa shape index (κ3) is 3.55. The Morgan fingerprint density at radius 3 is 1.38 bits per heavy atom. The van der Waals surface area contributed by atoms with Crippen LogP contribution in [0.2, 0.25) is 0 Å². The summed E-state index contributed by atoms with van der Waals surface area (Å²) in [6.45, 7) is 0. The quantitative estimate of drug-likeness (QED) is 0.185. The average molecular weight is 602 g/mol. The van der Waals surface area contributed by atoms with Crippen molar-refractivity contribution in [2.24, 2.45) is 0 Å². The SMILES string of the molecule is O=c1c2c(ccc3c2c2ccccc2n3-c2ccccc2)c2ccc3c4ccccc4n(-c4ccccc4)c3c2n1-c1ccccc1. The standard InChI is InChI=1S/C43H27N3O/c47-43-40-32(26-27-38-39(40)35-21-11-13-23-37(35)44(38)28-14-4-1-5-15-28)34-25-24-33-31-20-10-12-22-36(31)45(29-16-6-2-7-17-29)41(33)42(34)46(43)30-18-8-3-9-19-30/h1-27H. The fourth-order valence-electron chi connectivity index (χ4n) is 7.73. The number of aromatic nitrogens is 3. The first-order valence-electron chi connectivity index (χ1n) is 15.9. The Morgan fingerprint density at radius 1 is 0.298 bits per heavy atom. The van der Waals surface area contributed by atoms with Crippen LogP contribution in [0.25, 0.3) is 82.3 Å². The molecule has 0 aliphatic heterocycles. The van der Waals surface area contributed by atoms with Crippen molar-refractivity contribution in [3.63, 3.8) is 0 Å². The molecule has 0 aliphatic carbocycles. The fraction of sp³-hybridized carbons (Fsp3) is 0. The number of nitrogens with zero attached hydrogens (tertiary/aromatic N) is 3. The van der Waals surface area contributed by atoms with Gasteiger partial charge in [-0.05, 0) is 60.0 Å². The van der Waals surface area contributed by atoms with Gasteiger partial charge in [0.05, 0.1) is 33.0 Å². The van der Waals surface area contributed by atoms with Gasteiger partial charge in [0.2, 0.25) is 0 Å². The van der Waals surface area contributed by atoms with Crippen molar-refractivity contribution in [2.75, 3.05) is 0 Å². The lowest BCUT2D eigenvalue weighted by Gasteiger charge is -2.17. The van der Waals surface area contributed by atoms with Crippen molar-refractivity contribution in [3.8, 4) is 17.1 Å². The maximum absolute atomic E-state index is 15.4. The van der Waals surface area contributed by atoms with Crippen LogP contribution in [-0.4, -0.2) is 13.7 Å². The van der Waals surface area contributed by atoms with E-state index in [9.17, 15) is 0 Å². The molecule has 0 atom stereocenters. The first-order chi connectivity index (χ1) is 23.3. The minimum absolute atomic E-state index is 0.0300. The molecule has 0 saturated carbocycles. The predicted octanol–water partition coefficient (Wildman–Crippen LogP) is 10.3. The second-order valence-electron chi connectivity index (χ2n) is 12.1. The highest BCUT2D eigenvalue weighted by atomic mass is 16.1. The van der Waals surface area contributed by atoms with Gasteiger partial charge in [-0.25, -0.2) is 0 Å². The van der Waals surface area contributed by atoms with Gasteiger partial charge in [0.15, 0.2) is 0 Å². The maximum atomic E-state index is 15.4. The minimum Gasteiger partial charge on any atom is -0.309 e. The lowest BCUT2D eigenvalue weighted by atomic mass is 9.99. The van der Waals surface area contributed by atoms with Gasteiger partial charge < -0.3 is 9.13 Å². The summed E-state index contributed by atoms with van der Waals surface area (Å²) in [5.74, 6) is 0. The Kier molecular flexibility index (Phi) is 5.40. The Morgan fingerprint density at radius 2 is 0.745 bits per heavy atom. The molecular weight excluding hydrogens is 574 g/mol. The molecule has 7 aromatic carbocycles. The van der Waals surface area contributed by atoms with Crippen molar-refractivity contribution in [1.29, 1.82) is 0 Å². The Hall–Kier alpha value is -6.39. The highest BCUT2D eigenvalue weighted by molar-refractivity contribution is 6.28. The maximum Gasteiger partial charge on any atom is 0.264 e. The van der Waals surface area contributed by atoms with Crippen molar-refractivity contribution in [3.05, 3.63) is 174 Å². The normalized spacial score (nSPS) is 11.9. The number of pyridine rings is 1. The predicted molar refractivity (Wildman–Crippen MR) is 196 cm³/mol. The second kappa shape index (κ2) is 9.80. The van der Waals surface area contributed by atoms with Crippen LogP contribution >= 0.6 is 0 Å². The van der Waals surface area contributed by atoms with E-state index in [4.69, 9.17) is 0 Å². The summed E-state index contributed by atoms with van der Waals surface area (Å²) in [7, 11) is 0. The molecule has 3 aromatic heterocycles. The molecule has 220 valence electrons. The van der Waals surface area contributed by atoms with Crippen molar-refractivity contribution in [2.45, 2.75) is 0 Å². The molecular formula is C43H27N3O. The van der Waals surface area contributed by atoms with E-state index in [1.54, 1.807) is 0 Å². The summed E-state index contributed by atoms with van der Waals surface area (Å²) in [5.41, 5.74) is 8.04. The van der Waals surface area contributed by atoms with Gasteiger partial charge in [-0.15, -0.1) is 0 Å². The van der Waals surface area contributed by atoms with Gasteiger partial charge in [-0.2, -0.15) is 0 Å². The monoisotopic (exact) mass is 601 g/mol. The number of hydrogen-bond donors (Lipinski definition) is 0. The molecule has 0 bridgehead atoms. The third-order valence-corrected chi connectivity index (χ3v) is 9.62. The molecule has 4 heteroatoms. The van der Waals surface area contributed by atoms with E-state index in [-0.39, 0.29) is 5.56 Å². The fourth-order valence-corrected chi connectivity index (χ4v) is 7.73. The molecule has 0 saturated heterocycles. The Bertz CT molecular complexity index is 2900. The van der Waals surface area contributed by atoms with Crippen LogP contribution in [0.5, 0.6) is 0 Å². The Balaban J connectivity index is 1.49. The van der Waals surface area contributed by atoms with Crippen LogP contribution in [0, 0.1) is 0 Å². The lowest BCUT2D eigenvalue weighted by Crippen LogP contribution is -2.20. The van der Waals surface area contributed by atoms with Crippen LogP contribution in [0.1, 0.15) is 0 Å². The van der Waals surface area contributed by atoms with Crippen LogP contribution in [0.3, 0.4) is 0 Å². The summed E-state index contributed by atoms with van der Waals surface area (Å²) >= 11 is 0. The zero-order valence-corrected chi connectivity index (χ0v) is 25.3. The zero-order valence-electron chi connectivity index (χ0n) is 25.3. The van der Waals surface area contributed by atoms with E-state index >= 15 is 4.79 Å². The molecule has 0 unspecified atom stereocenters. The van der Waals surface area contributed by atoms with E-state index in [1.165, 1.54) is 0 Å². The molecule has 10 aromatic rings. The highest BCUT2D eigenvalue weighted by Crippen LogP contribution is 2.42. The Labute approximate surface area is 269 Å². The van der Waals surface area contributed by atoms with Crippen LogP contribution in [0.4, 0.5) is 0 Å². The van der Waals surface area contributed by atoms with E-state index in [0.29, 0.717) is 0 Å². The third-order valence-electron chi connectivity index (χ3n) is 9.62. The molecule has 0 fully saturated rings. The molecule has 0 N–H and O–H groups in total. The smallest absolute Gasteiger partial charge is 0.264 e. The molecule has 4 nitrogen and oxygen atoms in total. The van der Waals surface area contributed by atoms with Gasteiger partial charge >= 0.3 is 0 Å². The summed E-state index contributed by atoms with van der Waals surface area (Å²) < 4.78 is 6.54. The molecule has 0 radical (unpaired) electrons. The molecule has 10 rings (SSSR count). The summed E-state index contributed by atoms with van der Waals surface area (Å²) in [6.07, 6.45) is 0. The largest absolute Gasteiger partial charge is 0.309 e. The topological polar surface area (TPSA) is 31.9 Å². The number of rotatable bonds is 3. The molecule has 0 amide bonds. The van der Waals surface area contributed by atoms with E-state index in [1.807, 2.05) is 47.0 Å². The number of hydrogen-bond acceptors (Lipinski definition) is 1. The molecule has 3 heterocycles. The second-order valence-corrected chi connectivity index (χ2v) is 12.1. The van der Waals surface area contributed by atoms with E-state index in [2.05, 4.69) is 130 Å². The zero-order chi connectivity index (χ0) is 31.1. The van der Waals surface area contributed by atoms with Gasteiger partial charge in [0, 0.05) is 44.0 Å². The average Bonchev–Trinajstić information content (AvgIpc) is 3.66. The van der Waals surface area contributed by atoms with E-state index < -0.39 is 0 Å². The van der Waals surface area contributed by atoms with Crippen LogP contribution in [-0.2, 0) is 0 Å². The molecule has 0 spiro atoms. The highest BCUT2D eigenvalue weighted by Gasteiger charge is 2.24. The van der Waals surface area contributed by atoms with Gasteiger partial charge in [-0.1, -0.05) is 109 Å². The summed E-state index contributed by atoms with van der Waals surface area (Å²) in [5, 5.41) is 7.02. The van der Waals surface area contributed by atoms with Crippen LogP contribution < -0.4 is 5.56 Å². The van der Waals surface area contributed by atoms with Crippen molar-refractivity contribution >= 4 is 65.3 Å². The van der Waals surface area contributed by atoms with Crippen LogP contribution in [0.15, 0.2) is 169 Å². The van der Waals surface area contributed by atoms with Gasteiger partial charge in [0.25, 0.3) is 5.56 Å². The summed E-state index contributed by atoms with van der Waals surface area (Å²) in [4.78, 5) is 15.4. The number of benzene rings is 7. The summed E-state index contributed by atoms with van der Waals surface area (Å²) in [6, 6.07) is 56.7. The number of para-hydroxylation sites is 5. The van der Waals surface area contributed by atoms with Crippen molar-refractivity contribution in [1.82, 2.24) is 13.7 Å². The number of fused-ring (bicyclic) bond motifs is 11. The lowest BCUT2D eigenvalue weighted by molar-refractivity contribution is 1.06. The first-order valence-corrected chi connectivity index (χ1v) is 15.9. The first kappa shape index (κ1) is 25.9. The van der Waals surface area contributed by atoms with Crippen molar-refractivity contribution < 1.29 is 0 Å². The van der Waals surface area contributed by atoms with E-state index in [0.717, 1.165) is 82.3 Å². The molecule has 0 aliphatic rings. The van der Waals surface area contributed by atoms with Gasteiger partial charge in [0.1, 0.15) is 0 Å². The molecule has 47 heavy (non-hydrogen) atoms. The minimum atomic E-state index is -0.0300.